The minimum atomic E-state index is -1.17. The molecule has 0 spiro atoms. The molecule has 0 heterocycles. The molecule has 0 bridgehead atoms. The second-order valence-electron chi connectivity index (χ2n) is 4.81. The van der Waals surface area contributed by atoms with E-state index in [4.69, 9.17) is 10.8 Å². The third-order valence-corrected chi connectivity index (χ3v) is 4.66. The Bertz CT molecular complexity index is 399. The van der Waals surface area contributed by atoms with Crippen LogP contribution in [0.1, 0.15) is 12.8 Å². The highest BCUT2D eigenvalue weighted by molar-refractivity contribution is 7.98. The molecule has 0 rings (SSSR count). The first kappa shape index (κ1) is 22.4. The molecule has 0 aliphatic rings. The van der Waals surface area contributed by atoms with Crippen LogP contribution in [-0.4, -0.2) is 70.8 Å². The van der Waals surface area contributed by atoms with E-state index in [9.17, 15) is 14.4 Å². The van der Waals surface area contributed by atoms with Gasteiger partial charge in [0, 0.05) is 5.75 Å². The molecular weight excluding hydrogens is 358 g/mol. The van der Waals surface area contributed by atoms with Gasteiger partial charge < -0.3 is 21.5 Å². The van der Waals surface area contributed by atoms with Gasteiger partial charge in [-0.2, -0.15) is 36.2 Å². The number of nitrogens with two attached hydrogens (primary N) is 1. The van der Waals surface area contributed by atoms with Crippen molar-refractivity contribution in [1.29, 1.82) is 0 Å². The third-order valence-electron chi connectivity index (χ3n) is 3.01. The number of thiol groups is 1. The van der Waals surface area contributed by atoms with E-state index in [0.717, 1.165) is 5.75 Å². The summed E-state index contributed by atoms with van der Waals surface area (Å²) in [4.78, 5) is 35.2. The van der Waals surface area contributed by atoms with Gasteiger partial charge in [-0.3, -0.25) is 9.59 Å². The van der Waals surface area contributed by atoms with E-state index in [1.807, 2.05) is 12.5 Å². The number of aliphatic carboxylic acids is 1. The fourth-order valence-electron chi connectivity index (χ4n) is 1.62. The summed E-state index contributed by atoms with van der Waals surface area (Å²) in [6, 6.07) is -2.59. The first-order valence-corrected chi connectivity index (χ1v) is 10.5. The average molecular weight is 384 g/mol. The van der Waals surface area contributed by atoms with E-state index < -0.39 is 35.9 Å². The highest BCUT2D eigenvalue weighted by atomic mass is 32.2. The van der Waals surface area contributed by atoms with Crippen molar-refractivity contribution in [2.75, 3.05) is 29.8 Å². The van der Waals surface area contributed by atoms with Crippen molar-refractivity contribution >= 4 is 53.9 Å². The molecule has 2 amide bonds. The van der Waals surface area contributed by atoms with Crippen molar-refractivity contribution in [3.8, 4) is 0 Å². The van der Waals surface area contributed by atoms with Crippen molar-refractivity contribution < 1.29 is 19.5 Å². The molecule has 0 aromatic carbocycles. The Morgan fingerprint density at radius 1 is 1.04 bits per heavy atom. The molecule has 7 nitrogen and oxygen atoms in total. The van der Waals surface area contributed by atoms with E-state index in [2.05, 4.69) is 23.3 Å². The van der Waals surface area contributed by atoms with E-state index in [-0.39, 0.29) is 5.75 Å². The Morgan fingerprint density at radius 3 is 2.04 bits per heavy atom. The fraction of sp³-hybridized carbons (Fsp3) is 0.769. The predicted molar refractivity (Wildman–Crippen MR) is 99.3 cm³/mol. The van der Waals surface area contributed by atoms with Crippen molar-refractivity contribution in [2.45, 2.75) is 31.0 Å². The summed E-state index contributed by atoms with van der Waals surface area (Å²) in [5.74, 6) is -0.741. The van der Waals surface area contributed by atoms with Gasteiger partial charge in [-0.05, 0) is 36.9 Å². The third kappa shape index (κ3) is 9.33. The van der Waals surface area contributed by atoms with E-state index in [1.165, 1.54) is 11.8 Å². The van der Waals surface area contributed by atoms with Gasteiger partial charge in [-0.15, -0.1) is 0 Å². The highest BCUT2D eigenvalue weighted by Crippen LogP contribution is 2.04. The van der Waals surface area contributed by atoms with Gasteiger partial charge in [0.1, 0.15) is 12.1 Å². The summed E-state index contributed by atoms with van der Waals surface area (Å²) in [5.41, 5.74) is 5.79. The van der Waals surface area contributed by atoms with Crippen LogP contribution < -0.4 is 16.4 Å². The van der Waals surface area contributed by atoms with Crippen molar-refractivity contribution in [3.05, 3.63) is 0 Å². The monoisotopic (exact) mass is 383 g/mol. The van der Waals surface area contributed by atoms with Gasteiger partial charge in [0.2, 0.25) is 11.8 Å². The number of nitrogens with one attached hydrogen (secondary N) is 2. The van der Waals surface area contributed by atoms with Gasteiger partial charge in [-0.25, -0.2) is 4.79 Å². The molecule has 0 unspecified atom stereocenters. The zero-order valence-corrected chi connectivity index (χ0v) is 15.8. The largest absolute Gasteiger partial charge is 0.480 e. The van der Waals surface area contributed by atoms with Crippen LogP contribution in [0, 0.1) is 0 Å². The molecule has 0 saturated carbocycles. The maximum absolute atomic E-state index is 12.2. The van der Waals surface area contributed by atoms with Gasteiger partial charge in [0.05, 0.1) is 6.04 Å². The van der Waals surface area contributed by atoms with Crippen LogP contribution >= 0.6 is 36.2 Å². The SMILES string of the molecule is CSCC[C@H](NC(=O)[C@@H](N)CCSC)C(=O)N[C@@H](CS)C(=O)O. The summed E-state index contributed by atoms with van der Waals surface area (Å²) in [5, 5.41) is 14.0. The Hall–Kier alpha value is -0.580. The topological polar surface area (TPSA) is 122 Å². The lowest BCUT2D eigenvalue weighted by atomic mass is 10.1. The lowest BCUT2D eigenvalue weighted by Gasteiger charge is -2.22. The number of rotatable bonds is 12. The normalized spacial score (nSPS) is 14.6. The fourth-order valence-corrected chi connectivity index (χ4v) is 2.83. The molecule has 0 aliphatic heterocycles. The average Bonchev–Trinajstić information content (AvgIpc) is 2.53. The number of carbonyl (C=O) groups excluding carboxylic acids is 2. The zero-order chi connectivity index (χ0) is 17.8. The van der Waals surface area contributed by atoms with Gasteiger partial charge in [-0.1, -0.05) is 0 Å². The number of thioether (sulfide) groups is 2. The molecule has 23 heavy (non-hydrogen) atoms. The molecule has 10 heteroatoms. The first-order chi connectivity index (χ1) is 10.9. The molecule has 0 aliphatic carbocycles. The summed E-state index contributed by atoms with van der Waals surface area (Å²) in [6.07, 6.45) is 4.71. The molecule has 0 aromatic rings. The molecule has 134 valence electrons. The second kappa shape index (κ2) is 12.8. The minimum Gasteiger partial charge on any atom is -0.480 e. The molecule has 0 aromatic heterocycles. The Morgan fingerprint density at radius 2 is 1.57 bits per heavy atom. The lowest BCUT2D eigenvalue weighted by molar-refractivity contribution is -0.141. The number of carboxylic acid groups (broad SMARTS) is 1. The molecular formula is C13H25N3O4S3. The Balaban J connectivity index is 4.75. The first-order valence-electron chi connectivity index (χ1n) is 7.05. The standard InChI is InChI=1S/C13H25N3O4S3/c1-22-5-3-8(14)11(17)15-9(4-6-23-2)12(18)16-10(7-21)13(19)20/h8-10,21H,3-7,14H2,1-2H3,(H,15,17)(H,16,18)(H,19,20)/t8-,9-,10-/m0/s1. The van der Waals surface area contributed by atoms with E-state index >= 15 is 0 Å². The Labute approximate surface area is 150 Å². The van der Waals surface area contributed by atoms with E-state index in [0.29, 0.717) is 18.6 Å². The van der Waals surface area contributed by atoms with Crippen LogP contribution in [0.4, 0.5) is 0 Å². The molecule has 0 radical (unpaired) electrons. The van der Waals surface area contributed by atoms with Gasteiger partial charge in [0.15, 0.2) is 0 Å². The Kier molecular flexibility index (Phi) is 12.5. The summed E-state index contributed by atoms with van der Waals surface area (Å²) >= 11 is 7.02. The van der Waals surface area contributed by atoms with Gasteiger partial charge >= 0.3 is 5.97 Å². The van der Waals surface area contributed by atoms with Crippen LogP contribution in [0.2, 0.25) is 0 Å². The van der Waals surface area contributed by atoms with Crippen LogP contribution in [0.15, 0.2) is 0 Å². The molecule has 0 saturated heterocycles. The van der Waals surface area contributed by atoms with Crippen molar-refractivity contribution in [3.63, 3.8) is 0 Å². The quantitative estimate of drug-likeness (QED) is 0.296. The summed E-state index contributed by atoms with van der Waals surface area (Å²) < 4.78 is 0. The number of hydrogen-bond donors (Lipinski definition) is 5. The molecule has 5 N–H and O–H groups in total. The smallest absolute Gasteiger partial charge is 0.327 e. The number of amides is 2. The summed E-state index contributed by atoms with van der Waals surface area (Å²) in [6.45, 7) is 0. The van der Waals surface area contributed by atoms with Crippen LogP contribution in [0.25, 0.3) is 0 Å². The lowest BCUT2D eigenvalue weighted by Crippen LogP contribution is -2.55. The van der Waals surface area contributed by atoms with Gasteiger partial charge in [0.25, 0.3) is 0 Å². The zero-order valence-electron chi connectivity index (χ0n) is 13.3. The molecule has 0 fully saturated rings. The number of carbonyl (C=O) groups is 3. The van der Waals surface area contributed by atoms with Crippen molar-refractivity contribution in [1.82, 2.24) is 10.6 Å². The molecule has 3 atom stereocenters. The predicted octanol–water partition coefficient (Wildman–Crippen LogP) is -0.196. The highest BCUT2D eigenvalue weighted by Gasteiger charge is 2.26. The minimum absolute atomic E-state index is 0.0303. The van der Waals surface area contributed by atoms with Crippen LogP contribution in [0.3, 0.4) is 0 Å². The van der Waals surface area contributed by atoms with Crippen LogP contribution in [0.5, 0.6) is 0 Å². The maximum atomic E-state index is 12.2. The van der Waals surface area contributed by atoms with Crippen molar-refractivity contribution in [2.24, 2.45) is 5.73 Å². The summed E-state index contributed by atoms with van der Waals surface area (Å²) in [7, 11) is 0. The number of carboxylic acids is 1. The second-order valence-corrected chi connectivity index (χ2v) is 7.15. The van der Waals surface area contributed by atoms with Crippen LogP contribution in [-0.2, 0) is 14.4 Å². The van der Waals surface area contributed by atoms with E-state index in [1.54, 1.807) is 11.8 Å². The maximum Gasteiger partial charge on any atom is 0.327 e. The number of hydrogen-bond acceptors (Lipinski definition) is 7.